The van der Waals surface area contributed by atoms with Crippen molar-refractivity contribution < 1.29 is 75.4 Å². The van der Waals surface area contributed by atoms with E-state index < -0.39 is 66.6 Å². The van der Waals surface area contributed by atoms with E-state index in [1.807, 2.05) is 0 Å². The third kappa shape index (κ3) is 4.64. The van der Waals surface area contributed by atoms with Crippen molar-refractivity contribution >= 4 is 5.97 Å². The molecule has 0 aromatic carbocycles. The SMILES string of the molecule is CCC(C)C(=O)OCCC(F)(F)C(F)(F)C(F)(F)C(F)(F)C(F)(C(F)(F)F)C(F)(F)F. The van der Waals surface area contributed by atoms with Crippen molar-refractivity contribution in [2.75, 3.05) is 6.61 Å². The van der Waals surface area contributed by atoms with Crippen molar-refractivity contribution in [1.29, 1.82) is 0 Å². The fourth-order valence-corrected chi connectivity index (χ4v) is 1.91. The Morgan fingerprint density at radius 3 is 1.42 bits per heavy atom. The number of ether oxygens (including phenoxy) is 1. The standard InChI is InChI=1S/C14H13F15O2/c1-3-6(2)7(30)31-5-4-8(15,16)10(18,19)12(22,23)11(20,21)9(17,13(24,25)26)14(27,28)29/h6H,3-5H2,1-2H3. The Morgan fingerprint density at radius 1 is 0.710 bits per heavy atom. The minimum absolute atomic E-state index is 0.0170. The molecule has 0 aliphatic heterocycles. The van der Waals surface area contributed by atoms with Crippen molar-refractivity contribution in [1.82, 2.24) is 0 Å². The highest BCUT2D eigenvalue weighted by molar-refractivity contribution is 5.71. The first-order chi connectivity index (χ1) is 13.4. The Balaban J connectivity index is 6.17. The minimum atomic E-state index is -8.45. The number of carbonyl (C=O) groups excluding carboxylic acids is 1. The molecule has 0 saturated heterocycles. The fourth-order valence-electron chi connectivity index (χ4n) is 1.91. The van der Waals surface area contributed by atoms with E-state index in [1.54, 1.807) is 0 Å². The van der Waals surface area contributed by atoms with Crippen molar-refractivity contribution in [3.05, 3.63) is 0 Å². The Hall–Kier alpha value is -1.58. The molecule has 0 saturated carbocycles. The quantitative estimate of drug-likeness (QED) is 0.274. The van der Waals surface area contributed by atoms with Crippen LogP contribution < -0.4 is 0 Å². The summed E-state index contributed by atoms with van der Waals surface area (Å²) in [5.74, 6) is -33.1. The zero-order chi connectivity index (χ0) is 25.5. The molecule has 0 aliphatic carbocycles. The van der Waals surface area contributed by atoms with Crippen molar-refractivity contribution in [2.45, 2.75) is 68.4 Å². The molecule has 2 nitrogen and oxygen atoms in total. The van der Waals surface area contributed by atoms with Gasteiger partial charge in [0.15, 0.2) is 0 Å². The van der Waals surface area contributed by atoms with Gasteiger partial charge < -0.3 is 4.74 Å². The highest BCUT2D eigenvalue weighted by atomic mass is 19.4. The van der Waals surface area contributed by atoms with Crippen LogP contribution in [0.15, 0.2) is 0 Å². The van der Waals surface area contributed by atoms with E-state index in [2.05, 4.69) is 4.74 Å². The highest BCUT2D eigenvalue weighted by Gasteiger charge is 2.95. The molecule has 0 aliphatic rings. The van der Waals surface area contributed by atoms with Crippen LogP contribution >= 0.6 is 0 Å². The number of halogens is 15. The van der Waals surface area contributed by atoms with Gasteiger partial charge >= 0.3 is 47.7 Å². The maximum atomic E-state index is 13.5. The summed E-state index contributed by atoms with van der Waals surface area (Å²) in [6.45, 7) is 0.646. The molecule has 0 spiro atoms. The van der Waals surface area contributed by atoms with E-state index in [-0.39, 0.29) is 6.42 Å². The molecule has 0 N–H and O–H groups in total. The first-order valence-corrected chi connectivity index (χ1v) is 7.87. The lowest BCUT2D eigenvalue weighted by Gasteiger charge is -2.43. The van der Waals surface area contributed by atoms with E-state index in [0.29, 0.717) is 0 Å². The molecule has 0 aromatic heterocycles. The zero-order valence-electron chi connectivity index (χ0n) is 15.2. The summed E-state index contributed by atoms with van der Waals surface area (Å²) < 4.78 is 199. The average molecular weight is 498 g/mol. The summed E-state index contributed by atoms with van der Waals surface area (Å²) in [6.07, 6.45) is -18.6. The van der Waals surface area contributed by atoms with Crippen LogP contribution in [0.5, 0.6) is 0 Å². The molecular formula is C14H13F15O2. The summed E-state index contributed by atoms with van der Waals surface area (Å²) in [5, 5.41) is 0. The lowest BCUT2D eigenvalue weighted by molar-refractivity contribution is -0.457. The number of esters is 1. The number of rotatable bonds is 9. The van der Waals surface area contributed by atoms with E-state index in [1.165, 1.54) is 6.92 Å². The Kier molecular flexibility index (Phi) is 7.98. The molecule has 17 heteroatoms. The third-order valence-electron chi connectivity index (χ3n) is 4.14. The van der Waals surface area contributed by atoms with Gasteiger partial charge in [-0.3, -0.25) is 4.79 Å². The van der Waals surface area contributed by atoms with Gasteiger partial charge in [0.25, 0.3) is 0 Å². The fraction of sp³-hybridized carbons (Fsp3) is 0.929. The predicted octanol–water partition coefficient (Wildman–Crippen LogP) is 6.34. The van der Waals surface area contributed by atoms with Gasteiger partial charge in [-0.05, 0) is 6.42 Å². The Labute approximate surface area is 163 Å². The van der Waals surface area contributed by atoms with Crippen LogP contribution in [0.3, 0.4) is 0 Å². The maximum Gasteiger partial charge on any atom is 0.438 e. The molecule has 0 radical (unpaired) electrons. The van der Waals surface area contributed by atoms with E-state index >= 15 is 0 Å². The smallest absolute Gasteiger partial charge is 0.438 e. The summed E-state index contributed by atoms with van der Waals surface area (Å²) in [6, 6.07) is 0. The number of hydrogen-bond acceptors (Lipinski definition) is 2. The molecule has 0 amide bonds. The predicted molar refractivity (Wildman–Crippen MR) is 70.8 cm³/mol. The van der Waals surface area contributed by atoms with Gasteiger partial charge in [0.1, 0.15) is 0 Å². The Morgan fingerprint density at radius 2 is 1.10 bits per heavy atom. The van der Waals surface area contributed by atoms with Crippen LogP contribution in [0.2, 0.25) is 0 Å². The monoisotopic (exact) mass is 498 g/mol. The molecule has 0 heterocycles. The zero-order valence-corrected chi connectivity index (χ0v) is 15.2. The normalized spacial score (nSPS) is 16.3. The highest BCUT2D eigenvalue weighted by Crippen LogP contribution is 2.64. The van der Waals surface area contributed by atoms with Crippen LogP contribution in [0.1, 0.15) is 26.7 Å². The van der Waals surface area contributed by atoms with Crippen LogP contribution in [-0.4, -0.2) is 54.3 Å². The molecule has 0 rings (SSSR count). The van der Waals surface area contributed by atoms with Crippen molar-refractivity contribution in [2.24, 2.45) is 5.92 Å². The molecule has 0 bridgehead atoms. The molecule has 1 atom stereocenters. The van der Waals surface area contributed by atoms with Crippen molar-refractivity contribution in [3.63, 3.8) is 0 Å². The van der Waals surface area contributed by atoms with E-state index in [0.717, 1.165) is 6.92 Å². The topological polar surface area (TPSA) is 26.3 Å². The Bertz CT molecular complexity index is 621. The molecule has 0 aromatic rings. The van der Waals surface area contributed by atoms with Gasteiger partial charge in [-0.1, -0.05) is 13.8 Å². The first kappa shape index (κ1) is 29.4. The van der Waals surface area contributed by atoms with Gasteiger partial charge in [-0.2, -0.15) is 61.5 Å². The third-order valence-corrected chi connectivity index (χ3v) is 4.14. The summed E-state index contributed by atoms with van der Waals surface area (Å²) in [7, 11) is 0. The van der Waals surface area contributed by atoms with Gasteiger partial charge in [0, 0.05) is 0 Å². The number of carbonyl (C=O) groups is 1. The van der Waals surface area contributed by atoms with Crippen LogP contribution in [0, 0.1) is 5.92 Å². The molecule has 186 valence electrons. The second-order valence-electron chi connectivity index (χ2n) is 6.31. The minimum Gasteiger partial charge on any atom is -0.465 e. The second kappa shape index (κ2) is 8.41. The number of alkyl halides is 15. The van der Waals surface area contributed by atoms with E-state index in [9.17, 15) is 70.7 Å². The summed E-state index contributed by atoms with van der Waals surface area (Å²) in [4.78, 5) is 11.2. The summed E-state index contributed by atoms with van der Waals surface area (Å²) >= 11 is 0. The lowest BCUT2D eigenvalue weighted by atomic mass is 9.85. The van der Waals surface area contributed by atoms with Gasteiger partial charge in [-0.15, -0.1) is 0 Å². The van der Waals surface area contributed by atoms with E-state index in [4.69, 9.17) is 0 Å². The molecular weight excluding hydrogens is 485 g/mol. The van der Waals surface area contributed by atoms with Gasteiger partial charge in [0.05, 0.1) is 18.9 Å². The summed E-state index contributed by atoms with van der Waals surface area (Å²) in [5.41, 5.74) is -8.32. The van der Waals surface area contributed by atoms with Gasteiger partial charge in [-0.25, -0.2) is 4.39 Å². The maximum absolute atomic E-state index is 13.5. The van der Waals surface area contributed by atoms with Crippen molar-refractivity contribution in [3.8, 4) is 0 Å². The molecule has 0 fully saturated rings. The average Bonchev–Trinajstić information content (AvgIpc) is 2.57. The van der Waals surface area contributed by atoms with Gasteiger partial charge in [0.2, 0.25) is 0 Å². The second-order valence-corrected chi connectivity index (χ2v) is 6.31. The molecule has 1 unspecified atom stereocenters. The first-order valence-electron chi connectivity index (χ1n) is 7.87. The molecule has 31 heavy (non-hydrogen) atoms. The largest absolute Gasteiger partial charge is 0.465 e. The number of hydrogen-bond donors (Lipinski definition) is 0. The lowest BCUT2D eigenvalue weighted by Crippen LogP contribution is -2.75. The van der Waals surface area contributed by atoms with Crippen LogP contribution in [0.25, 0.3) is 0 Å². The van der Waals surface area contributed by atoms with Crippen LogP contribution in [-0.2, 0) is 9.53 Å². The van der Waals surface area contributed by atoms with Crippen LogP contribution in [0.4, 0.5) is 65.9 Å².